The molecule has 3 nitrogen and oxygen atoms in total. The largest absolute Gasteiger partial charge is 0.497 e. The van der Waals surface area contributed by atoms with Gasteiger partial charge in [0.1, 0.15) is 11.6 Å². The summed E-state index contributed by atoms with van der Waals surface area (Å²) in [5.74, 6) is -0.145. The molecule has 19 heavy (non-hydrogen) atoms. The molecule has 2 rings (SSSR count). The summed E-state index contributed by atoms with van der Waals surface area (Å²) >= 11 is 0. The van der Waals surface area contributed by atoms with Gasteiger partial charge in [-0.15, -0.1) is 0 Å². The molecule has 0 saturated heterocycles. The van der Waals surface area contributed by atoms with E-state index in [1.807, 2.05) is 0 Å². The minimum absolute atomic E-state index is 0.212. The number of nitrogens with one attached hydrogen (secondary N) is 1. The van der Waals surface area contributed by atoms with Crippen LogP contribution in [-0.2, 0) is 6.42 Å². The summed E-state index contributed by atoms with van der Waals surface area (Å²) in [6.07, 6.45) is 0.496. The van der Waals surface area contributed by atoms with E-state index in [-0.39, 0.29) is 11.6 Å². The molecular weight excluding hydrogens is 244 g/mol. The minimum Gasteiger partial charge on any atom is -0.497 e. The molecule has 2 aromatic rings. The van der Waals surface area contributed by atoms with Crippen molar-refractivity contribution in [3.05, 3.63) is 41.7 Å². The lowest BCUT2D eigenvalue weighted by atomic mass is 9.88. The second kappa shape index (κ2) is 6.04. The van der Waals surface area contributed by atoms with Gasteiger partial charge in [0.2, 0.25) is 0 Å². The SMILES string of the molecule is [2H]C([2H])([2H])Oc1ccc2cc(F)cc(CCNB(C)O)c2c1. The molecule has 0 atom stereocenters. The Morgan fingerprint density at radius 3 is 3.00 bits per heavy atom. The second-order valence-electron chi connectivity index (χ2n) is 4.43. The zero-order valence-corrected chi connectivity index (χ0v) is 10.6. The summed E-state index contributed by atoms with van der Waals surface area (Å²) in [6.45, 7) is 2.08. The smallest absolute Gasteiger partial charge is 0.373 e. The predicted molar refractivity (Wildman–Crippen MR) is 76.0 cm³/mol. The van der Waals surface area contributed by atoms with E-state index in [0.717, 1.165) is 10.9 Å². The van der Waals surface area contributed by atoms with E-state index in [2.05, 4.69) is 5.23 Å². The van der Waals surface area contributed by atoms with Crippen LogP contribution >= 0.6 is 0 Å². The van der Waals surface area contributed by atoms with Crippen molar-refractivity contribution in [3.8, 4) is 5.75 Å². The van der Waals surface area contributed by atoms with Crippen LogP contribution in [0.5, 0.6) is 5.75 Å². The summed E-state index contributed by atoms with van der Waals surface area (Å²) in [6, 6.07) is 7.53. The average Bonchev–Trinajstić information content (AvgIpc) is 2.37. The standard InChI is InChI=1S/C14H17BFNO2/c1-15(18)17-6-5-11-8-12(16)7-10-3-4-13(19-2)9-14(10)11/h3-4,7-9,17-18H,5-6H2,1-2H3/i2D3. The molecule has 0 aromatic heterocycles. The molecule has 0 bridgehead atoms. The predicted octanol–water partition coefficient (Wildman–Crippen LogP) is 2.23. The third-order valence-corrected chi connectivity index (χ3v) is 2.93. The van der Waals surface area contributed by atoms with Gasteiger partial charge >= 0.3 is 7.05 Å². The maximum Gasteiger partial charge on any atom is 0.373 e. The summed E-state index contributed by atoms with van der Waals surface area (Å²) in [5.41, 5.74) is 0.721. The van der Waals surface area contributed by atoms with Gasteiger partial charge < -0.3 is 15.0 Å². The molecule has 0 radical (unpaired) electrons. The van der Waals surface area contributed by atoms with Crippen LogP contribution in [0.1, 0.15) is 9.68 Å². The fourth-order valence-corrected chi connectivity index (χ4v) is 2.06. The molecule has 0 aliphatic rings. The van der Waals surface area contributed by atoms with Crippen molar-refractivity contribution in [2.75, 3.05) is 13.6 Å². The van der Waals surface area contributed by atoms with Crippen LogP contribution in [0.4, 0.5) is 4.39 Å². The Kier molecular flexibility index (Phi) is 3.25. The number of hydrogen-bond donors (Lipinski definition) is 2. The summed E-state index contributed by atoms with van der Waals surface area (Å²) in [4.78, 5) is 0. The molecular formula is C14H17BFNO2. The van der Waals surface area contributed by atoms with Crippen LogP contribution in [0.15, 0.2) is 30.3 Å². The molecule has 2 aromatic carbocycles. The van der Waals surface area contributed by atoms with E-state index < -0.39 is 14.1 Å². The van der Waals surface area contributed by atoms with E-state index >= 15 is 0 Å². The molecule has 0 spiro atoms. The number of rotatable bonds is 5. The Bertz CT molecular complexity index is 664. The highest BCUT2D eigenvalue weighted by Crippen LogP contribution is 2.25. The monoisotopic (exact) mass is 264 g/mol. The highest BCUT2D eigenvalue weighted by Gasteiger charge is 2.07. The summed E-state index contributed by atoms with van der Waals surface area (Å²) in [7, 11) is -3.17. The first kappa shape index (κ1) is 10.2. The van der Waals surface area contributed by atoms with Crippen LogP contribution in [0.3, 0.4) is 0 Å². The Labute approximate surface area is 116 Å². The van der Waals surface area contributed by atoms with Crippen molar-refractivity contribution < 1.29 is 18.3 Å². The number of hydrogen-bond acceptors (Lipinski definition) is 3. The van der Waals surface area contributed by atoms with Crippen molar-refractivity contribution in [2.45, 2.75) is 13.2 Å². The van der Waals surface area contributed by atoms with Crippen molar-refractivity contribution in [3.63, 3.8) is 0 Å². The van der Waals surface area contributed by atoms with Crippen molar-refractivity contribution >= 4 is 17.8 Å². The molecule has 0 fully saturated rings. The highest BCUT2D eigenvalue weighted by molar-refractivity contribution is 6.45. The molecule has 5 heteroatoms. The fourth-order valence-electron chi connectivity index (χ4n) is 2.06. The number of ether oxygens (including phenoxy) is 1. The highest BCUT2D eigenvalue weighted by atomic mass is 19.1. The van der Waals surface area contributed by atoms with E-state index in [0.29, 0.717) is 18.4 Å². The van der Waals surface area contributed by atoms with Gasteiger partial charge in [-0.3, -0.25) is 0 Å². The van der Waals surface area contributed by atoms with Gasteiger partial charge in [0.05, 0.1) is 11.2 Å². The molecule has 0 amide bonds. The maximum absolute atomic E-state index is 13.7. The maximum atomic E-state index is 13.7. The molecule has 0 aliphatic carbocycles. The van der Waals surface area contributed by atoms with Gasteiger partial charge in [-0.05, 0) is 60.4 Å². The van der Waals surface area contributed by atoms with Crippen molar-refractivity contribution in [1.82, 2.24) is 5.23 Å². The zero-order chi connectivity index (χ0) is 16.3. The topological polar surface area (TPSA) is 41.5 Å². The fraction of sp³-hybridized carbons (Fsp3) is 0.286. The van der Waals surface area contributed by atoms with Gasteiger partial charge in [0.15, 0.2) is 0 Å². The normalized spacial score (nSPS) is 13.7. The van der Waals surface area contributed by atoms with E-state index in [1.165, 1.54) is 18.2 Å². The lowest BCUT2D eigenvalue weighted by Gasteiger charge is -2.10. The third kappa shape index (κ3) is 3.46. The summed E-state index contributed by atoms with van der Waals surface area (Å²) in [5, 5.41) is 13.4. The van der Waals surface area contributed by atoms with Crippen molar-refractivity contribution in [2.24, 2.45) is 0 Å². The van der Waals surface area contributed by atoms with E-state index in [4.69, 9.17) is 8.85 Å². The Morgan fingerprint density at radius 2 is 2.26 bits per heavy atom. The lowest BCUT2D eigenvalue weighted by molar-refractivity contribution is 0.415. The van der Waals surface area contributed by atoms with Crippen LogP contribution < -0.4 is 9.96 Å². The number of halogens is 1. The molecule has 100 valence electrons. The van der Waals surface area contributed by atoms with Gasteiger partial charge in [-0.2, -0.15) is 0 Å². The van der Waals surface area contributed by atoms with Crippen LogP contribution in [0.2, 0.25) is 6.82 Å². The van der Waals surface area contributed by atoms with Gasteiger partial charge in [-0.25, -0.2) is 4.39 Å². The lowest BCUT2D eigenvalue weighted by Crippen LogP contribution is -2.32. The molecule has 0 heterocycles. The van der Waals surface area contributed by atoms with Crippen LogP contribution in [0, 0.1) is 5.82 Å². The summed E-state index contributed by atoms with van der Waals surface area (Å²) < 4.78 is 40.0. The Hall–Kier alpha value is -1.59. The minimum atomic E-state index is -2.53. The average molecular weight is 264 g/mol. The van der Waals surface area contributed by atoms with Crippen molar-refractivity contribution in [1.29, 1.82) is 0 Å². The first-order valence-corrected chi connectivity index (χ1v) is 6.07. The zero-order valence-electron chi connectivity index (χ0n) is 13.6. The molecule has 2 N–H and O–H groups in total. The molecule has 0 unspecified atom stereocenters. The molecule has 0 aliphatic heterocycles. The second-order valence-corrected chi connectivity index (χ2v) is 4.43. The van der Waals surface area contributed by atoms with Gasteiger partial charge in [0.25, 0.3) is 0 Å². The van der Waals surface area contributed by atoms with E-state index in [1.54, 1.807) is 19.0 Å². The van der Waals surface area contributed by atoms with Crippen LogP contribution in [-0.4, -0.2) is 25.7 Å². The van der Waals surface area contributed by atoms with Crippen LogP contribution in [0.25, 0.3) is 10.8 Å². The first-order valence-electron chi connectivity index (χ1n) is 7.57. The Balaban J connectivity index is 2.33. The third-order valence-electron chi connectivity index (χ3n) is 2.93. The van der Waals surface area contributed by atoms with E-state index in [9.17, 15) is 9.41 Å². The number of benzene rings is 2. The Morgan fingerprint density at radius 1 is 1.42 bits per heavy atom. The number of methoxy groups -OCH3 is 1. The number of fused-ring (bicyclic) bond motifs is 1. The van der Waals surface area contributed by atoms with Gasteiger partial charge in [-0.1, -0.05) is 6.07 Å². The molecule has 0 saturated carbocycles. The first-order chi connectivity index (χ1) is 10.2. The quantitative estimate of drug-likeness (QED) is 0.814. The van der Waals surface area contributed by atoms with Gasteiger partial charge in [0, 0.05) is 0 Å².